The smallest absolute Gasteiger partial charge is 0.130 e. The molecular formula is C12H13FNP. The molecule has 0 aliphatic heterocycles. The van der Waals surface area contributed by atoms with Gasteiger partial charge in [0.25, 0.3) is 0 Å². The Balaban J connectivity index is 3.32. The Morgan fingerprint density at radius 1 is 1.53 bits per heavy atom. The third kappa shape index (κ3) is 2.60. The van der Waals surface area contributed by atoms with Crippen molar-refractivity contribution in [3.05, 3.63) is 47.9 Å². The molecule has 1 aromatic carbocycles. The molecule has 0 spiro atoms. The molecule has 1 unspecified atom stereocenters. The van der Waals surface area contributed by atoms with Crippen LogP contribution in [0.2, 0.25) is 0 Å². The van der Waals surface area contributed by atoms with E-state index < -0.39 is 0 Å². The van der Waals surface area contributed by atoms with Gasteiger partial charge in [-0.05, 0) is 31.3 Å². The molecule has 0 aromatic heterocycles. The largest absolute Gasteiger partial charge is 0.269 e. The minimum absolute atomic E-state index is 0.239. The number of benzene rings is 1. The molecule has 0 amide bonds. The van der Waals surface area contributed by atoms with Gasteiger partial charge in [0.05, 0.1) is 0 Å². The Morgan fingerprint density at radius 3 is 2.67 bits per heavy atom. The van der Waals surface area contributed by atoms with E-state index in [2.05, 4.69) is 27.5 Å². The average molecular weight is 221 g/mol. The number of aliphatic imine (C=N–C) groups is 1. The highest BCUT2D eigenvalue weighted by Crippen LogP contribution is 2.20. The second-order valence-corrected chi connectivity index (χ2v) is 3.72. The summed E-state index contributed by atoms with van der Waals surface area (Å²) in [6.07, 6.45) is 1.70. The lowest BCUT2D eigenvalue weighted by molar-refractivity contribution is 0.636. The van der Waals surface area contributed by atoms with E-state index in [9.17, 15) is 4.39 Å². The van der Waals surface area contributed by atoms with Gasteiger partial charge in [-0.1, -0.05) is 18.7 Å². The average Bonchev–Trinajstić information content (AvgIpc) is 2.24. The van der Waals surface area contributed by atoms with E-state index in [4.69, 9.17) is 0 Å². The minimum Gasteiger partial charge on any atom is -0.269 e. The molecule has 3 heteroatoms. The fourth-order valence-corrected chi connectivity index (χ4v) is 1.55. The first-order chi connectivity index (χ1) is 7.10. The summed E-state index contributed by atoms with van der Waals surface area (Å²) in [6, 6.07) is 4.87. The molecule has 0 radical (unpaired) electrons. The number of hydrogen-bond acceptors (Lipinski definition) is 1. The van der Waals surface area contributed by atoms with E-state index in [1.165, 1.54) is 6.07 Å². The first-order valence-corrected chi connectivity index (χ1v) is 5.03. The van der Waals surface area contributed by atoms with Crippen molar-refractivity contribution in [1.82, 2.24) is 0 Å². The van der Waals surface area contributed by atoms with Crippen molar-refractivity contribution in [1.29, 1.82) is 0 Å². The van der Waals surface area contributed by atoms with Crippen molar-refractivity contribution in [2.24, 2.45) is 4.99 Å². The number of halogens is 1. The Morgan fingerprint density at radius 2 is 2.20 bits per heavy atom. The van der Waals surface area contributed by atoms with Crippen molar-refractivity contribution in [3.8, 4) is 0 Å². The van der Waals surface area contributed by atoms with Gasteiger partial charge in [-0.25, -0.2) is 4.39 Å². The van der Waals surface area contributed by atoms with Gasteiger partial charge in [0.2, 0.25) is 0 Å². The van der Waals surface area contributed by atoms with Crippen LogP contribution in [-0.4, -0.2) is 6.72 Å². The zero-order chi connectivity index (χ0) is 11.4. The highest BCUT2D eigenvalue weighted by molar-refractivity contribution is 7.27. The van der Waals surface area contributed by atoms with Gasteiger partial charge in [-0.3, -0.25) is 4.99 Å². The van der Waals surface area contributed by atoms with E-state index >= 15 is 0 Å². The van der Waals surface area contributed by atoms with Crippen molar-refractivity contribution in [2.75, 3.05) is 0 Å². The maximum atomic E-state index is 13.1. The lowest BCUT2D eigenvalue weighted by Crippen LogP contribution is -1.99. The van der Waals surface area contributed by atoms with Crippen molar-refractivity contribution in [3.63, 3.8) is 0 Å². The predicted octanol–water partition coefficient (Wildman–Crippen LogP) is 2.94. The fourth-order valence-electron chi connectivity index (χ4n) is 1.27. The third-order valence-electron chi connectivity index (χ3n) is 2.14. The lowest BCUT2D eigenvalue weighted by Gasteiger charge is -2.06. The number of allylic oxidation sites excluding steroid dienone is 3. The molecule has 0 N–H and O–H groups in total. The zero-order valence-electron chi connectivity index (χ0n) is 8.63. The van der Waals surface area contributed by atoms with E-state index in [0.29, 0.717) is 5.30 Å². The standard InChI is InChI=1S/C12H13FNP/c1-4-10(8(2)14-3)9-5-6-11(13)12(15)7-9/h4-7H,1,3,15H2,2H3/b10-8+. The maximum Gasteiger partial charge on any atom is 0.130 e. The van der Waals surface area contributed by atoms with E-state index in [1.807, 2.05) is 6.92 Å². The van der Waals surface area contributed by atoms with Gasteiger partial charge < -0.3 is 0 Å². The van der Waals surface area contributed by atoms with Gasteiger partial charge in [0, 0.05) is 16.6 Å². The van der Waals surface area contributed by atoms with Crippen LogP contribution in [0.3, 0.4) is 0 Å². The third-order valence-corrected chi connectivity index (χ3v) is 2.58. The van der Waals surface area contributed by atoms with Gasteiger partial charge in [-0.2, -0.15) is 0 Å². The normalized spacial score (nSPS) is 11.9. The molecule has 0 saturated carbocycles. The summed E-state index contributed by atoms with van der Waals surface area (Å²) < 4.78 is 13.1. The second kappa shape index (κ2) is 4.99. The van der Waals surface area contributed by atoms with Crippen LogP contribution in [0.1, 0.15) is 12.5 Å². The highest BCUT2D eigenvalue weighted by Gasteiger charge is 2.04. The predicted molar refractivity (Wildman–Crippen MR) is 68.1 cm³/mol. The molecule has 0 heterocycles. The maximum absolute atomic E-state index is 13.1. The Hall–Kier alpha value is -1.27. The van der Waals surface area contributed by atoms with Gasteiger partial charge in [0.1, 0.15) is 5.82 Å². The van der Waals surface area contributed by atoms with Crippen LogP contribution in [0.15, 0.2) is 41.5 Å². The van der Waals surface area contributed by atoms with E-state index in [0.717, 1.165) is 16.8 Å². The van der Waals surface area contributed by atoms with Crippen LogP contribution < -0.4 is 5.30 Å². The van der Waals surface area contributed by atoms with Crippen LogP contribution in [0.5, 0.6) is 0 Å². The highest BCUT2D eigenvalue weighted by atomic mass is 31.0. The van der Waals surface area contributed by atoms with Gasteiger partial charge in [-0.15, -0.1) is 9.24 Å². The quantitative estimate of drug-likeness (QED) is 0.422. The molecule has 0 saturated heterocycles. The first kappa shape index (κ1) is 11.8. The summed E-state index contributed by atoms with van der Waals surface area (Å²) in [5.41, 5.74) is 2.54. The molecule has 0 aliphatic carbocycles. The van der Waals surface area contributed by atoms with Crippen LogP contribution >= 0.6 is 9.24 Å². The number of nitrogens with zero attached hydrogens (tertiary/aromatic N) is 1. The molecule has 1 rings (SSSR count). The monoisotopic (exact) mass is 221 g/mol. The SMILES string of the molecule is C=C/C(=C(/C)N=C)c1ccc(F)c(P)c1. The molecule has 0 bridgehead atoms. The second-order valence-electron chi connectivity index (χ2n) is 3.10. The summed E-state index contributed by atoms with van der Waals surface area (Å²) in [6.45, 7) is 9.02. The minimum atomic E-state index is -0.239. The van der Waals surface area contributed by atoms with E-state index in [-0.39, 0.29) is 5.82 Å². The van der Waals surface area contributed by atoms with Crippen molar-refractivity contribution in [2.45, 2.75) is 6.92 Å². The molecule has 0 aliphatic rings. The van der Waals surface area contributed by atoms with Crippen molar-refractivity contribution < 1.29 is 4.39 Å². The molecular weight excluding hydrogens is 208 g/mol. The summed E-state index contributed by atoms with van der Waals surface area (Å²) in [5.74, 6) is -0.239. The topological polar surface area (TPSA) is 12.4 Å². The molecule has 15 heavy (non-hydrogen) atoms. The van der Waals surface area contributed by atoms with Gasteiger partial charge >= 0.3 is 0 Å². The summed E-state index contributed by atoms with van der Waals surface area (Å²) in [4.78, 5) is 3.85. The molecule has 0 fully saturated rings. The molecule has 1 atom stereocenters. The van der Waals surface area contributed by atoms with Crippen LogP contribution in [0.4, 0.5) is 4.39 Å². The van der Waals surface area contributed by atoms with Crippen LogP contribution in [-0.2, 0) is 0 Å². The zero-order valence-corrected chi connectivity index (χ0v) is 9.78. The summed E-state index contributed by atoms with van der Waals surface area (Å²) in [5, 5.41) is 0.531. The van der Waals surface area contributed by atoms with E-state index in [1.54, 1.807) is 18.2 Å². The van der Waals surface area contributed by atoms with Gasteiger partial charge in [0.15, 0.2) is 0 Å². The molecule has 1 aromatic rings. The fraction of sp³-hybridized carbons (Fsp3) is 0.0833. The van der Waals surface area contributed by atoms with Crippen LogP contribution in [0.25, 0.3) is 5.57 Å². The molecule has 1 nitrogen and oxygen atoms in total. The Labute approximate surface area is 91.6 Å². The van der Waals surface area contributed by atoms with Crippen molar-refractivity contribution >= 4 is 26.8 Å². The summed E-state index contributed by atoms with van der Waals surface area (Å²) in [7, 11) is 2.36. The Bertz CT molecular complexity index is 435. The van der Waals surface area contributed by atoms with Crippen LogP contribution in [0, 0.1) is 5.82 Å². The number of rotatable bonds is 3. The molecule has 78 valence electrons. The Kier molecular flexibility index (Phi) is 3.93. The first-order valence-electron chi connectivity index (χ1n) is 4.45. The lowest BCUT2D eigenvalue weighted by atomic mass is 10.0. The summed E-state index contributed by atoms with van der Waals surface area (Å²) >= 11 is 0. The number of hydrogen-bond donors (Lipinski definition) is 0.